The molecule has 3 atom stereocenters. The van der Waals surface area contributed by atoms with Crippen LogP contribution in [0.25, 0.3) is 11.0 Å². The zero-order chi connectivity index (χ0) is 15.0. The van der Waals surface area contributed by atoms with E-state index in [1.54, 1.807) is 0 Å². The highest BCUT2D eigenvalue weighted by Crippen LogP contribution is 2.42. The van der Waals surface area contributed by atoms with Crippen LogP contribution in [0, 0.1) is 0 Å². The Bertz CT molecular complexity index is 638. The molecule has 5 heteroatoms. The molecule has 3 unspecified atom stereocenters. The third kappa shape index (κ3) is 2.93. The number of nitrogens with zero attached hydrogens (tertiary/aromatic N) is 2. The van der Waals surface area contributed by atoms with Gasteiger partial charge in [0.1, 0.15) is 5.82 Å². The molecular formula is C16H20Cl2N2S. The van der Waals surface area contributed by atoms with E-state index in [1.165, 1.54) is 19.3 Å². The molecule has 114 valence electrons. The number of imidazole rings is 1. The Balaban J connectivity index is 2.13. The van der Waals surface area contributed by atoms with Crippen molar-refractivity contribution in [2.75, 3.05) is 5.75 Å². The summed E-state index contributed by atoms with van der Waals surface area (Å²) in [5.41, 5.74) is 2.12. The molecule has 0 N–H and O–H groups in total. The highest BCUT2D eigenvalue weighted by atomic mass is 35.5. The molecule has 0 aliphatic heterocycles. The molecule has 0 radical (unpaired) electrons. The average Bonchev–Trinajstić information content (AvgIpc) is 3.02. The predicted octanol–water partition coefficient (Wildman–Crippen LogP) is 5.84. The maximum absolute atomic E-state index is 6.40. The minimum absolute atomic E-state index is 0.0935. The van der Waals surface area contributed by atoms with E-state index in [0.717, 1.165) is 27.6 Å². The van der Waals surface area contributed by atoms with Crippen LogP contribution in [0.4, 0.5) is 0 Å². The summed E-state index contributed by atoms with van der Waals surface area (Å²) in [7, 11) is 0. The van der Waals surface area contributed by atoms with Crippen LogP contribution in [-0.2, 0) is 0 Å². The number of alkyl halides is 1. The Labute approximate surface area is 140 Å². The van der Waals surface area contributed by atoms with Crippen LogP contribution >= 0.6 is 35.0 Å². The summed E-state index contributed by atoms with van der Waals surface area (Å²) in [5, 5.41) is 1.30. The van der Waals surface area contributed by atoms with E-state index in [2.05, 4.69) is 29.3 Å². The lowest BCUT2D eigenvalue weighted by Gasteiger charge is -2.24. The monoisotopic (exact) mass is 342 g/mol. The first-order chi connectivity index (χ1) is 10.1. The molecule has 1 aliphatic carbocycles. The number of benzene rings is 1. The van der Waals surface area contributed by atoms with Crippen LogP contribution in [0.5, 0.6) is 0 Å². The van der Waals surface area contributed by atoms with Crippen LogP contribution in [0.1, 0.15) is 50.4 Å². The van der Waals surface area contributed by atoms with Gasteiger partial charge in [-0.2, -0.15) is 11.8 Å². The largest absolute Gasteiger partial charge is 0.322 e. The molecule has 3 rings (SSSR count). The highest BCUT2D eigenvalue weighted by molar-refractivity contribution is 7.99. The molecule has 1 aliphatic rings. The molecule has 21 heavy (non-hydrogen) atoms. The number of aromatic nitrogens is 2. The first kappa shape index (κ1) is 15.5. The van der Waals surface area contributed by atoms with Crippen molar-refractivity contribution >= 4 is 46.0 Å². The second kappa shape index (κ2) is 6.39. The van der Waals surface area contributed by atoms with E-state index >= 15 is 0 Å². The summed E-state index contributed by atoms with van der Waals surface area (Å²) < 4.78 is 2.38. The van der Waals surface area contributed by atoms with Crippen LogP contribution in [0.15, 0.2) is 18.2 Å². The van der Waals surface area contributed by atoms with E-state index in [-0.39, 0.29) is 5.38 Å². The quantitative estimate of drug-likeness (QED) is 0.650. The normalized spacial score (nSPS) is 23.8. The molecule has 0 amide bonds. The molecule has 1 aromatic carbocycles. The van der Waals surface area contributed by atoms with Crippen molar-refractivity contribution < 1.29 is 0 Å². The van der Waals surface area contributed by atoms with Gasteiger partial charge in [-0.15, -0.1) is 11.6 Å². The lowest BCUT2D eigenvalue weighted by molar-refractivity contribution is 0.519. The summed E-state index contributed by atoms with van der Waals surface area (Å²) in [5.74, 6) is 2.13. The van der Waals surface area contributed by atoms with E-state index < -0.39 is 0 Å². The molecule has 0 saturated heterocycles. The third-order valence-electron chi connectivity index (χ3n) is 4.16. The Kier molecular flexibility index (Phi) is 4.72. The van der Waals surface area contributed by atoms with E-state index in [9.17, 15) is 0 Å². The van der Waals surface area contributed by atoms with Crippen molar-refractivity contribution in [3.8, 4) is 0 Å². The van der Waals surface area contributed by atoms with Crippen molar-refractivity contribution in [3.63, 3.8) is 0 Å². The third-order valence-corrected chi connectivity index (χ3v) is 5.91. The average molecular weight is 343 g/mol. The van der Waals surface area contributed by atoms with Crippen LogP contribution in [-0.4, -0.2) is 20.6 Å². The molecule has 2 nitrogen and oxygen atoms in total. The summed E-state index contributed by atoms with van der Waals surface area (Å²) in [6.07, 6.45) is 3.78. The molecule has 2 aromatic rings. The van der Waals surface area contributed by atoms with Gasteiger partial charge in [0, 0.05) is 16.3 Å². The number of hydrogen-bond acceptors (Lipinski definition) is 2. The Morgan fingerprint density at radius 2 is 2.24 bits per heavy atom. The van der Waals surface area contributed by atoms with Gasteiger partial charge >= 0.3 is 0 Å². The standard InChI is InChI=1S/C16H20Cl2N2S/c1-3-21-15-6-4-5-14(15)20-13-8-7-11(18)9-12(13)19-16(20)10(2)17/h7-10,14-15H,3-6H2,1-2H3. The Morgan fingerprint density at radius 1 is 1.43 bits per heavy atom. The minimum Gasteiger partial charge on any atom is -0.322 e. The van der Waals surface area contributed by atoms with Crippen molar-refractivity contribution in [2.45, 2.75) is 49.8 Å². The summed E-state index contributed by atoms with van der Waals surface area (Å²) in [6, 6.07) is 6.46. The van der Waals surface area contributed by atoms with Gasteiger partial charge in [0.15, 0.2) is 0 Å². The smallest absolute Gasteiger partial charge is 0.128 e. The van der Waals surface area contributed by atoms with Gasteiger partial charge in [0.25, 0.3) is 0 Å². The van der Waals surface area contributed by atoms with E-state index in [4.69, 9.17) is 28.2 Å². The van der Waals surface area contributed by atoms with Crippen molar-refractivity contribution in [1.29, 1.82) is 0 Å². The molecule has 0 spiro atoms. The van der Waals surface area contributed by atoms with Gasteiger partial charge in [-0.25, -0.2) is 4.98 Å². The SMILES string of the molecule is CCSC1CCCC1n1c(C(C)Cl)nc2cc(Cl)ccc21. The van der Waals surface area contributed by atoms with Crippen LogP contribution < -0.4 is 0 Å². The topological polar surface area (TPSA) is 17.8 Å². The Morgan fingerprint density at radius 3 is 2.95 bits per heavy atom. The lowest BCUT2D eigenvalue weighted by atomic mass is 10.2. The summed E-state index contributed by atoms with van der Waals surface area (Å²) >= 11 is 14.6. The molecule has 1 aromatic heterocycles. The maximum atomic E-state index is 6.40. The van der Waals surface area contributed by atoms with Gasteiger partial charge in [0.2, 0.25) is 0 Å². The molecule has 0 bridgehead atoms. The summed E-state index contributed by atoms with van der Waals surface area (Å²) in [4.78, 5) is 4.75. The zero-order valence-electron chi connectivity index (χ0n) is 12.4. The second-order valence-electron chi connectivity index (χ2n) is 5.58. The number of thioether (sulfide) groups is 1. The first-order valence-corrected chi connectivity index (χ1v) is 9.41. The van der Waals surface area contributed by atoms with Crippen molar-refractivity contribution in [1.82, 2.24) is 9.55 Å². The molecule has 1 fully saturated rings. The van der Waals surface area contributed by atoms with E-state index in [0.29, 0.717) is 11.3 Å². The highest BCUT2D eigenvalue weighted by Gasteiger charge is 2.32. The molecular weight excluding hydrogens is 323 g/mol. The number of halogens is 2. The lowest BCUT2D eigenvalue weighted by Crippen LogP contribution is -2.19. The van der Waals surface area contributed by atoms with Gasteiger partial charge in [0.05, 0.1) is 16.4 Å². The fourth-order valence-corrected chi connectivity index (χ4v) is 4.89. The predicted molar refractivity (Wildman–Crippen MR) is 93.8 cm³/mol. The zero-order valence-corrected chi connectivity index (χ0v) is 14.7. The van der Waals surface area contributed by atoms with Crippen LogP contribution in [0.2, 0.25) is 5.02 Å². The molecule has 1 saturated carbocycles. The number of rotatable bonds is 4. The van der Waals surface area contributed by atoms with Crippen molar-refractivity contribution in [3.05, 3.63) is 29.0 Å². The fraction of sp³-hybridized carbons (Fsp3) is 0.562. The number of fused-ring (bicyclic) bond motifs is 1. The second-order valence-corrected chi connectivity index (χ2v) is 8.19. The maximum Gasteiger partial charge on any atom is 0.128 e. The van der Waals surface area contributed by atoms with Gasteiger partial charge in [-0.3, -0.25) is 0 Å². The minimum atomic E-state index is -0.0935. The van der Waals surface area contributed by atoms with Crippen LogP contribution in [0.3, 0.4) is 0 Å². The van der Waals surface area contributed by atoms with Gasteiger partial charge in [-0.1, -0.05) is 24.9 Å². The molecule has 1 heterocycles. The summed E-state index contributed by atoms with van der Waals surface area (Å²) in [6.45, 7) is 4.23. The van der Waals surface area contributed by atoms with E-state index in [1.807, 2.05) is 19.1 Å². The van der Waals surface area contributed by atoms with Crippen molar-refractivity contribution in [2.24, 2.45) is 0 Å². The fourth-order valence-electron chi connectivity index (χ4n) is 3.33. The van der Waals surface area contributed by atoms with Gasteiger partial charge in [-0.05, 0) is 43.7 Å². The Hall–Kier alpha value is -0.380. The van der Waals surface area contributed by atoms with Gasteiger partial charge < -0.3 is 4.57 Å². The first-order valence-electron chi connectivity index (χ1n) is 7.55. The number of hydrogen-bond donors (Lipinski definition) is 0.